The number of allylic oxidation sites excluding steroid dienone is 3. The molecule has 0 amide bonds. The van der Waals surface area contributed by atoms with E-state index in [1.807, 2.05) is 0 Å². The average molecular weight is 423 g/mol. The highest BCUT2D eigenvalue weighted by Gasteiger charge is 2.32. The molecule has 3 atom stereocenters. The monoisotopic (exact) mass is 422 g/mol. The smallest absolute Gasteiger partial charge is 0.376 e. The first-order chi connectivity index (χ1) is 14.4. The van der Waals surface area contributed by atoms with Gasteiger partial charge >= 0.3 is 5.97 Å². The first-order valence-electron chi connectivity index (χ1n) is 11.8. The summed E-state index contributed by atoms with van der Waals surface area (Å²) in [7, 11) is 1.15. The largest absolute Gasteiger partial charge is 0.508 e. The third kappa shape index (κ3) is 9.36. The lowest BCUT2D eigenvalue weighted by atomic mass is 9.89. The van der Waals surface area contributed by atoms with E-state index in [0.717, 1.165) is 38.7 Å². The number of aliphatic hydroxyl groups excluding tert-OH is 2. The second-order valence-corrected chi connectivity index (χ2v) is 8.58. The van der Waals surface area contributed by atoms with E-state index < -0.39 is 11.7 Å². The van der Waals surface area contributed by atoms with Crippen molar-refractivity contribution in [2.45, 2.75) is 97.3 Å². The molecule has 1 fully saturated rings. The number of unbranched alkanes of at least 4 members (excludes halogenated alkanes) is 3. The quantitative estimate of drug-likeness (QED) is 0.102. The minimum absolute atomic E-state index is 0.0631. The Morgan fingerprint density at radius 2 is 1.93 bits per heavy atom. The van der Waals surface area contributed by atoms with Crippen molar-refractivity contribution in [3.05, 3.63) is 23.7 Å². The van der Waals surface area contributed by atoms with E-state index in [9.17, 15) is 19.8 Å². The van der Waals surface area contributed by atoms with Crippen molar-refractivity contribution in [3.63, 3.8) is 0 Å². The van der Waals surface area contributed by atoms with Gasteiger partial charge in [0, 0.05) is 18.8 Å². The van der Waals surface area contributed by atoms with Gasteiger partial charge in [0.05, 0.1) is 7.11 Å². The highest BCUT2D eigenvalue weighted by molar-refractivity contribution is 5.86. The van der Waals surface area contributed by atoms with Gasteiger partial charge in [-0.25, -0.2) is 4.79 Å². The lowest BCUT2D eigenvalue weighted by molar-refractivity contribution is -0.139. The lowest BCUT2D eigenvalue weighted by Crippen LogP contribution is -2.13. The molecule has 5 heteroatoms. The molecule has 2 N–H and O–H groups in total. The Morgan fingerprint density at radius 1 is 1.17 bits per heavy atom. The Labute approximate surface area is 182 Å². The third-order valence-electron chi connectivity index (χ3n) is 6.40. The van der Waals surface area contributed by atoms with Crippen molar-refractivity contribution >= 4 is 11.8 Å². The molecular weight excluding hydrogens is 380 g/mol. The van der Waals surface area contributed by atoms with Gasteiger partial charge in [0.25, 0.3) is 0 Å². The van der Waals surface area contributed by atoms with Gasteiger partial charge in [-0.1, -0.05) is 64.5 Å². The fraction of sp³-hybridized carbons (Fsp3) is 0.760. The van der Waals surface area contributed by atoms with Crippen LogP contribution in [0.15, 0.2) is 23.7 Å². The summed E-state index contributed by atoms with van der Waals surface area (Å²) in [5.74, 6) is -0.467. The van der Waals surface area contributed by atoms with Crippen LogP contribution in [0.3, 0.4) is 0 Å². The summed E-state index contributed by atoms with van der Waals surface area (Å²) in [6.45, 7) is 4.53. The Morgan fingerprint density at radius 3 is 2.60 bits per heavy atom. The number of aliphatic hydroxyl groups is 2. The molecule has 0 radical (unpaired) electrons. The highest BCUT2D eigenvalue weighted by Crippen LogP contribution is 2.34. The number of rotatable bonds is 15. The fourth-order valence-electron chi connectivity index (χ4n) is 4.37. The van der Waals surface area contributed by atoms with Gasteiger partial charge in [-0.05, 0) is 43.9 Å². The number of carbonyl (C=O) groups is 2. The zero-order valence-corrected chi connectivity index (χ0v) is 19.2. The molecule has 1 aliphatic rings. The standard InChI is InChI=1S/C25H42O5/c1-4-6-7-12-19(5-2)13-8-9-14-20-17-18-22(26)21(20)15-10-11-16-23(27)24(28)25(29)30-3/h9,14,19-21,27-28H,4-8,10-13,15-18H2,1-3H3/b14-9+,24-23+/t19?,20-,21+/m0/s1. The molecule has 1 unspecified atom stereocenters. The Balaban J connectivity index is 2.39. The number of Topliss-reactive ketones (excluding diaryl/α,β-unsaturated/α-hetero) is 1. The number of carbonyl (C=O) groups excluding carboxylic acids is 2. The summed E-state index contributed by atoms with van der Waals surface area (Å²) >= 11 is 0. The van der Waals surface area contributed by atoms with Gasteiger partial charge in [-0.3, -0.25) is 4.79 Å². The van der Waals surface area contributed by atoms with Gasteiger partial charge in [-0.2, -0.15) is 0 Å². The molecule has 1 aliphatic carbocycles. The Kier molecular flexibility index (Phi) is 13.2. The van der Waals surface area contributed by atoms with Gasteiger partial charge in [0.15, 0.2) is 0 Å². The van der Waals surface area contributed by atoms with Crippen LogP contribution in [0.5, 0.6) is 0 Å². The molecule has 0 aliphatic heterocycles. The molecule has 0 spiro atoms. The highest BCUT2D eigenvalue weighted by atomic mass is 16.5. The van der Waals surface area contributed by atoms with Crippen molar-refractivity contribution in [2.75, 3.05) is 7.11 Å². The Hall–Kier alpha value is -1.78. The fourth-order valence-corrected chi connectivity index (χ4v) is 4.37. The predicted molar refractivity (Wildman–Crippen MR) is 120 cm³/mol. The van der Waals surface area contributed by atoms with E-state index in [4.69, 9.17) is 0 Å². The molecule has 0 aromatic rings. The maximum atomic E-state index is 12.3. The van der Waals surface area contributed by atoms with E-state index in [0.29, 0.717) is 24.5 Å². The second-order valence-electron chi connectivity index (χ2n) is 8.58. The normalized spacial score (nSPS) is 21.1. The molecule has 1 saturated carbocycles. The first kappa shape index (κ1) is 26.3. The van der Waals surface area contributed by atoms with Crippen molar-refractivity contribution in [1.82, 2.24) is 0 Å². The molecule has 5 nitrogen and oxygen atoms in total. The van der Waals surface area contributed by atoms with E-state index in [1.54, 1.807) is 0 Å². The minimum atomic E-state index is -0.931. The summed E-state index contributed by atoms with van der Waals surface area (Å²) < 4.78 is 4.38. The molecule has 0 saturated heterocycles. The van der Waals surface area contributed by atoms with Crippen molar-refractivity contribution in [2.24, 2.45) is 17.8 Å². The first-order valence-corrected chi connectivity index (χ1v) is 11.8. The van der Waals surface area contributed by atoms with E-state index >= 15 is 0 Å². The average Bonchev–Trinajstić information content (AvgIpc) is 3.10. The molecule has 172 valence electrons. The van der Waals surface area contributed by atoms with E-state index in [-0.39, 0.29) is 18.1 Å². The number of hydrogen-bond donors (Lipinski definition) is 2. The van der Waals surface area contributed by atoms with Gasteiger partial charge < -0.3 is 14.9 Å². The van der Waals surface area contributed by atoms with Crippen LogP contribution in [0.4, 0.5) is 0 Å². The van der Waals surface area contributed by atoms with Crippen LogP contribution in [0, 0.1) is 17.8 Å². The second kappa shape index (κ2) is 15.1. The third-order valence-corrected chi connectivity index (χ3v) is 6.40. The molecule has 0 bridgehead atoms. The predicted octanol–water partition coefficient (Wildman–Crippen LogP) is 6.59. The molecule has 0 heterocycles. The van der Waals surface area contributed by atoms with E-state index in [1.165, 1.54) is 38.5 Å². The molecule has 0 aromatic heterocycles. The van der Waals surface area contributed by atoms with Crippen LogP contribution in [0.2, 0.25) is 0 Å². The van der Waals surface area contributed by atoms with Gasteiger partial charge in [0.2, 0.25) is 5.76 Å². The van der Waals surface area contributed by atoms with Crippen LogP contribution < -0.4 is 0 Å². The van der Waals surface area contributed by atoms with Crippen LogP contribution in [0.1, 0.15) is 97.3 Å². The summed E-state index contributed by atoms with van der Waals surface area (Å²) in [4.78, 5) is 23.5. The topological polar surface area (TPSA) is 83.8 Å². The number of methoxy groups -OCH3 is 1. The van der Waals surface area contributed by atoms with Crippen molar-refractivity contribution in [1.29, 1.82) is 0 Å². The molecule has 30 heavy (non-hydrogen) atoms. The summed E-state index contributed by atoms with van der Waals surface area (Å²) in [5.41, 5.74) is 0. The summed E-state index contributed by atoms with van der Waals surface area (Å²) in [6.07, 6.45) is 17.3. The molecule has 1 rings (SSSR count). The summed E-state index contributed by atoms with van der Waals surface area (Å²) in [6, 6.07) is 0. The number of ketones is 1. The van der Waals surface area contributed by atoms with Crippen LogP contribution in [-0.4, -0.2) is 29.1 Å². The van der Waals surface area contributed by atoms with Crippen LogP contribution >= 0.6 is 0 Å². The molecular formula is C25H42O5. The van der Waals surface area contributed by atoms with Crippen molar-refractivity contribution in [3.8, 4) is 0 Å². The van der Waals surface area contributed by atoms with Crippen molar-refractivity contribution < 1.29 is 24.5 Å². The summed E-state index contributed by atoms with van der Waals surface area (Å²) in [5, 5.41) is 19.3. The van der Waals surface area contributed by atoms with E-state index in [2.05, 4.69) is 30.7 Å². The number of esters is 1. The zero-order chi connectivity index (χ0) is 22.4. The maximum absolute atomic E-state index is 12.3. The Bertz CT molecular complexity index is 578. The lowest BCUT2D eigenvalue weighted by Gasteiger charge is -2.16. The van der Waals surface area contributed by atoms with Crippen LogP contribution in [0.25, 0.3) is 0 Å². The zero-order valence-electron chi connectivity index (χ0n) is 19.2. The van der Waals surface area contributed by atoms with Gasteiger partial charge in [0.1, 0.15) is 11.5 Å². The van der Waals surface area contributed by atoms with Gasteiger partial charge in [-0.15, -0.1) is 0 Å². The maximum Gasteiger partial charge on any atom is 0.376 e. The molecule has 0 aromatic carbocycles. The number of ether oxygens (including phenoxy) is 1. The SMILES string of the molecule is CCCCCC(CC)CC/C=C/[C@H]1CCC(=O)[C@@H]1CCCC/C(O)=C(\O)C(=O)OC. The van der Waals surface area contributed by atoms with Crippen LogP contribution in [-0.2, 0) is 14.3 Å². The number of hydrogen-bond acceptors (Lipinski definition) is 5. The minimum Gasteiger partial charge on any atom is -0.508 e.